The van der Waals surface area contributed by atoms with Crippen LogP contribution in [0.2, 0.25) is 0 Å². The quantitative estimate of drug-likeness (QED) is 0.0201. The van der Waals surface area contributed by atoms with Gasteiger partial charge >= 0.3 is 19.8 Å². The second kappa shape index (κ2) is 39.7. The van der Waals surface area contributed by atoms with E-state index in [0.717, 1.165) is 51.4 Å². The summed E-state index contributed by atoms with van der Waals surface area (Å²) in [6, 6.07) is 0. The van der Waals surface area contributed by atoms with Crippen LogP contribution in [0.5, 0.6) is 0 Å². The molecule has 0 aromatic carbocycles. The molecule has 0 saturated carbocycles. The molecule has 0 amide bonds. The largest absolute Gasteiger partial charge is 0.472 e. The van der Waals surface area contributed by atoms with Crippen LogP contribution in [-0.2, 0) is 32.7 Å². The molecule has 12 heteroatoms. The van der Waals surface area contributed by atoms with E-state index in [1.165, 1.54) is 70.6 Å². The lowest BCUT2D eigenvalue weighted by molar-refractivity contribution is -0.161. The van der Waals surface area contributed by atoms with E-state index in [1.807, 2.05) is 18.2 Å². The maximum absolute atomic E-state index is 12.6. The summed E-state index contributed by atoms with van der Waals surface area (Å²) in [5.74, 6) is -1.01. The first-order chi connectivity index (χ1) is 27.1. The Kier molecular flexibility index (Phi) is 38.2. The Morgan fingerprint density at radius 3 is 1.59 bits per heavy atom. The van der Waals surface area contributed by atoms with E-state index in [-0.39, 0.29) is 25.6 Å². The van der Waals surface area contributed by atoms with Crippen molar-refractivity contribution in [2.24, 2.45) is 0 Å². The van der Waals surface area contributed by atoms with Crippen molar-refractivity contribution in [3.05, 3.63) is 48.6 Å². The van der Waals surface area contributed by atoms with Gasteiger partial charge in [0.1, 0.15) is 12.7 Å². The SMILES string of the molecule is CCCCCCCCCCCCCCCCCC(=O)OC[C@H](COP(=O)(O)OC[C@@H](O)CO)OC(=O)CCC/C=C\C/C=C\C/C=C\C/C=C\CC(O)CCC. The number of carbonyl (C=O) groups is 2. The van der Waals surface area contributed by atoms with Crippen LogP contribution in [0.4, 0.5) is 0 Å². The minimum Gasteiger partial charge on any atom is -0.462 e. The Bertz CT molecular complexity index is 1090. The number of hydrogen-bond acceptors (Lipinski definition) is 10. The highest BCUT2D eigenvalue weighted by Crippen LogP contribution is 2.43. The molecule has 0 aliphatic rings. The summed E-state index contributed by atoms with van der Waals surface area (Å²) in [4.78, 5) is 34.9. The van der Waals surface area contributed by atoms with E-state index >= 15 is 0 Å². The maximum Gasteiger partial charge on any atom is 0.472 e. The number of ether oxygens (including phenoxy) is 2. The third kappa shape index (κ3) is 38.7. The molecule has 0 aromatic rings. The summed E-state index contributed by atoms with van der Waals surface area (Å²) >= 11 is 0. The summed E-state index contributed by atoms with van der Waals surface area (Å²) < 4.78 is 32.6. The van der Waals surface area contributed by atoms with Crippen molar-refractivity contribution in [1.29, 1.82) is 0 Å². The second-order valence-electron chi connectivity index (χ2n) is 14.6. The van der Waals surface area contributed by atoms with E-state index < -0.39 is 51.8 Å². The number of phosphoric acid groups is 1. The highest BCUT2D eigenvalue weighted by molar-refractivity contribution is 7.47. The molecule has 0 aromatic heterocycles. The van der Waals surface area contributed by atoms with E-state index in [4.69, 9.17) is 19.1 Å². The molecule has 2 unspecified atom stereocenters. The van der Waals surface area contributed by atoms with Crippen molar-refractivity contribution in [1.82, 2.24) is 0 Å². The molecule has 4 atom stereocenters. The van der Waals surface area contributed by atoms with Gasteiger partial charge in [-0.3, -0.25) is 18.6 Å². The predicted octanol–water partition coefficient (Wildman–Crippen LogP) is 10.3. The summed E-state index contributed by atoms with van der Waals surface area (Å²) in [5, 5.41) is 28.0. The lowest BCUT2D eigenvalue weighted by Crippen LogP contribution is -2.29. The van der Waals surface area contributed by atoms with Gasteiger partial charge in [0, 0.05) is 12.8 Å². The number of phosphoric ester groups is 1. The molecule has 0 aliphatic heterocycles. The minimum absolute atomic E-state index is 0.0938. The number of carbonyl (C=O) groups excluding carboxylic acids is 2. The molecule has 11 nitrogen and oxygen atoms in total. The van der Waals surface area contributed by atoms with Gasteiger partial charge in [-0.15, -0.1) is 0 Å². The maximum atomic E-state index is 12.6. The van der Waals surface area contributed by atoms with Crippen LogP contribution in [0.3, 0.4) is 0 Å². The molecule has 4 N–H and O–H groups in total. The van der Waals surface area contributed by atoms with Gasteiger partial charge in [0.25, 0.3) is 0 Å². The average Bonchev–Trinajstić information content (AvgIpc) is 3.18. The average molecular weight is 815 g/mol. The standard InChI is InChI=1S/C44H79O11P/c1-3-5-6-7-8-9-10-11-12-15-18-21-24-27-30-34-43(48)52-38-42(39-54-56(50,51)53-37-41(47)36-45)55-44(49)35-31-28-25-22-19-16-13-14-17-20-23-26-29-33-40(46)32-4-2/h13,16-17,20,22,25-26,29,40-42,45-47H,3-12,14-15,18-19,21,23-24,27-28,30-39H2,1-2H3,(H,50,51)/b16-13-,20-17-,25-22-,29-26-/t40?,41-,42+/m0/s1. The van der Waals surface area contributed by atoms with E-state index in [9.17, 15) is 29.3 Å². The first-order valence-electron chi connectivity index (χ1n) is 21.7. The fourth-order valence-electron chi connectivity index (χ4n) is 5.71. The van der Waals surface area contributed by atoms with Crippen molar-refractivity contribution in [3.8, 4) is 0 Å². The number of aliphatic hydroxyl groups is 3. The third-order valence-corrected chi connectivity index (χ3v) is 9.99. The van der Waals surface area contributed by atoms with Crippen LogP contribution < -0.4 is 0 Å². The molecule has 0 bridgehead atoms. The number of rotatable bonds is 40. The minimum atomic E-state index is -4.64. The topological polar surface area (TPSA) is 169 Å². The number of aliphatic hydroxyl groups excluding tert-OH is 3. The Labute approximate surface area is 339 Å². The van der Waals surface area contributed by atoms with Gasteiger partial charge in [-0.1, -0.05) is 159 Å². The first-order valence-corrected chi connectivity index (χ1v) is 23.2. The molecular weight excluding hydrogens is 735 g/mol. The summed E-state index contributed by atoms with van der Waals surface area (Å²) in [6.45, 7) is 2.11. The molecule has 0 heterocycles. The number of unbranched alkanes of at least 4 members (excludes halogenated alkanes) is 15. The monoisotopic (exact) mass is 815 g/mol. The van der Waals surface area contributed by atoms with Crippen LogP contribution in [0.25, 0.3) is 0 Å². The second-order valence-corrected chi connectivity index (χ2v) is 16.0. The normalized spacial score (nSPS) is 14.9. The van der Waals surface area contributed by atoms with E-state index in [2.05, 4.69) is 48.8 Å². The van der Waals surface area contributed by atoms with Gasteiger partial charge in [-0.2, -0.15) is 0 Å². The first kappa shape index (κ1) is 53.9. The molecule has 0 fully saturated rings. The van der Waals surface area contributed by atoms with Crippen molar-refractivity contribution < 1.29 is 52.9 Å². The molecular formula is C44H79O11P. The Balaban J connectivity index is 4.41. The van der Waals surface area contributed by atoms with Crippen molar-refractivity contribution in [2.75, 3.05) is 26.4 Å². The van der Waals surface area contributed by atoms with Gasteiger partial charge < -0.3 is 29.7 Å². The number of hydrogen-bond donors (Lipinski definition) is 4. The summed E-state index contributed by atoms with van der Waals surface area (Å²) in [7, 11) is -4.64. The van der Waals surface area contributed by atoms with E-state index in [1.54, 1.807) is 0 Å². The number of allylic oxidation sites excluding steroid dienone is 7. The van der Waals surface area contributed by atoms with Gasteiger partial charge in [0.15, 0.2) is 6.10 Å². The van der Waals surface area contributed by atoms with Crippen LogP contribution in [0.15, 0.2) is 48.6 Å². The van der Waals surface area contributed by atoms with Gasteiger partial charge in [0.05, 0.1) is 25.9 Å². The zero-order valence-electron chi connectivity index (χ0n) is 35.0. The Hall–Kier alpha value is -2.11. The highest BCUT2D eigenvalue weighted by Gasteiger charge is 2.27. The molecule has 0 aliphatic carbocycles. The van der Waals surface area contributed by atoms with Crippen LogP contribution in [-0.4, -0.2) is 76.9 Å². The van der Waals surface area contributed by atoms with Crippen LogP contribution >= 0.6 is 7.82 Å². The van der Waals surface area contributed by atoms with Gasteiger partial charge in [0.2, 0.25) is 0 Å². The fourth-order valence-corrected chi connectivity index (χ4v) is 6.50. The molecule has 326 valence electrons. The van der Waals surface area contributed by atoms with Crippen molar-refractivity contribution in [2.45, 2.75) is 193 Å². The Morgan fingerprint density at radius 1 is 0.571 bits per heavy atom. The molecule has 0 saturated heterocycles. The summed E-state index contributed by atoms with van der Waals surface area (Å²) in [5.41, 5.74) is 0. The zero-order chi connectivity index (χ0) is 41.4. The van der Waals surface area contributed by atoms with Gasteiger partial charge in [-0.25, -0.2) is 4.57 Å². The third-order valence-electron chi connectivity index (χ3n) is 9.04. The Morgan fingerprint density at radius 2 is 1.05 bits per heavy atom. The fraction of sp³-hybridized carbons (Fsp3) is 0.773. The lowest BCUT2D eigenvalue weighted by atomic mass is 10.0. The number of esters is 2. The lowest BCUT2D eigenvalue weighted by Gasteiger charge is -2.20. The molecule has 0 radical (unpaired) electrons. The molecule has 0 spiro atoms. The predicted molar refractivity (Wildman–Crippen MR) is 225 cm³/mol. The van der Waals surface area contributed by atoms with Crippen LogP contribution in [0.1, 0.15) is 174 Å². The zero-order valence-corrected chi connectivity index (χ0v) is 35.8. The van der Waals surface area contributed by atoms with E-state index in [0.29, 0.717) is 25.7 Å². The highest BCUT2D eigenvalue weighted by atomic mass is 31.2. The van der Waals surface area contributed by atoms with Gasteiger partial charge in [-0.05, 0) is 51.4 Å². The van der Waals surface area contributed by atoms with Crippen molar-refractivity contribution in [3.63, 3.8) is 0 Å². The molecule has 56 heavy (non-hydrogen) atoms. The summed E-state index contributed by atoms with van der Waals surface area (Å²) in [6.07, 6.45) is 38.6. The van der Waals surface area contributed by atoms with Crippen molar-refractivity contribution >= 4 is 19.8 Å². The van der Waals surface area contributed by atoms with Crippen LogP contribution in [0, 0.1) is 0 Å². The molecule has 0 rings (SSSR count). The smallest absolute Gasteiger partial charge is 0.462 e.